The third kappa shape index (κ3) is 2.87. The summed E-state index contributed by atoms with van der Waals surface area (Å²) in [4.78, 5) is 4.40. The number of hydrogen-bond acceptors (Lipinski definition) is 2. The molecule has 0 radical (unpaired) electrons. The van der Waals surface area contributed by atoms with Crippen LogP contribution in [0.2, 0.25) is 0 Å². The number of rotatable bonds is 5. The fraction of sp³-hybridized carbons (Fsp3) is 0.357. The first kappa shape index (κ1) is 11.7. The second-order valence-corrected chi connectivity index (χ2v) is 4.25. The van der Waals surface area contributed by atoms with Crippen LogP contribution >= 0.6 is 0 Å². The lowest BCUT2D eigenvalue weighted by atomic mass is 10.2. The zero-order valence-corrected chi connectivity index (χ0v) is 10.3. The van der Waals surface area contributed by atoms with Crippen LogP contribution in [0.25, 0.3) is 11.3 Å². The van der Waals surface area contributed by atoms with Gasteiger partial charge >= 0.3 is 0 Å². The fourth-order valence-corrected chi connectivity index (χ4v) is 1.89. The van der Waals surface area contributed by atoms with Crippen molar-refractivity contribution in [2.75, 3.05) is 5.73 Å². The van der Waals surface area contributed by atoms with E-state index >= 15 is 0 Å². The lowest BCUT2D eigenvalue weighted by Gasteiger charge is -2.02. The maximum atomic E-state index is 5.91. The Morgan fingerprint density at radius 3 is 2.65 bits per heavy atom. The molecule has 0 bridgehead atoms. The van der Waals surface area contributed by atoms with Crippen LogP contribution in [0.15, 0.2) is 36.5 Å². The van der Waals surface area contributed by atoms with E-state index in [1.807, 2.05) is 29.0 Å². The van der Waals surface area contributed by atoms with Gasteiger partial charge in [0.25, 0.3) is 0 Å². The number of nitrogen functional groups attached to an aromatic ring is 1. The third-order valence-corrected chi connectivity index (χ3v) is 2.88. The van der Waals surface area contributed by atoms with Gasteiger partial charge in [0, 0.05) is 18.3 Å². The molecule has 2 N–H and O–H groups in total. The molecule has 0 aliphatic carbocycles. The van der Waals surface area contributed by atoms with Crippen molar-refractivity contribution in [3.05, 3.63) is 36.5 Å². The summed E-state index contributed by atoms with van der Waals surface area (Å²) in [5.41, 5.74) is 7.99. The predicted molar refractivity (Wildman–Crippen MR) is 71.6 cm³/mol. The molecule has 0 atom stereocenters. The number of aromatic nitrogens is 2. The quantitative estimate of drug-likeness (QED) is 0.799. The molecule has 0 aliphatic rings. The van der Waals surface area contributed by atoms with E-state index in [0.717, 1.165) is 24.2 Å². The summed E-state index contributed by atoms with van der Waals surface area (Å²) in [6, 6.07) is 10.1. The molecule has 1 heterocycles. The Balaban J connectivity index is 2.13. The monoisotopic (exact) mass is 229 g/mol. The van der Waals surface area contributed by atoms with Crippen LogP contribution in [0.3, 0.4) is 0 Å². The average Bonchev–Trinajstić information content (AvgIpc) is 2.73. The van der Waals surface area contributed by atoms with Crippen LogP contribution in [0, 0.1) is 0 Å². The number of nitrogens with two attached hydrogens (primary N) is 1. The number of unbranched alkanes of at least 4 members (excludes halogenated alkanes) is 2. The molecule has 0 saturated carbocycles. The molecule has 3 nitrogen and oxygen atoms in total. The fourth-order valence-electron chi connectivity index (χ4n) is 1.89. The molecule has 2 rings (SSSR count). The molecule has 3 heteroatoms. The van der Waals surface area contributed by atoms with Gasteiger partial charge in [0.05, 0.1) is 5.69 Å². The van der Waals surface area contributed by atoms with Gasteiger partial charge < -0.3 is 10.3 Å². The van der Waals surface area contributed by atoms with Crippen LogP contribution < -0.4 is 5.73 Å². The standard InChI is InChI=1S/C14H19N3/c1-2-3-7-10-17-11-13(16-14(17)15)12-8-5-4-6-9-12/h4-6,8-9,11H,2-3,7,10H2,1H3,(H2,15,16). The van der Waals surface area contributed by atoms with Crippen molar-refractivity contribution in [2.45, 2.75) is 32.7 Å². The van der Waals surface area contributed by atoms with Gasteiger partial charge in [-0.25, -0.2) is 4.98 Å². The lowest BCUT2D eigenvalue weighted by molar-refractivity contribution is 0.608. The normalized spacial score (nSPS) is 10.6. The van der Waals surface area contributed by atoms with Crippen LogP contribution in [0.5, 0.6) is 0 Å². The molecule has 0 aliphatic heterocycles. The summed E-state index contributed by atoms with van der Waals surface area (Å²) in [6.07, 6.45) is 5.66. The van der Waals surface area contributed by atoms with E-state index < -0.39 is 0 Å². The Labute approximate surface area is 102 Å². The molecular weight excluding hydrogens is 210 g/mol. The van der Waals surface area contributed by atoms with Gasteiger partial charge in [-0.05, 0) is 6.42 Å². The van der Waals surface area contributed by atoms with Gasteiger partial charge in [-0.3, -0.25) is 0 Å². The molecule has 0 saturated heterocycles. The van der Waals surface area contributed by atoms with E-state index in [1.54, 1.807) is 0 Å². The Bertz CT molecular complexity index is 460. The van der Waals surface area contributed by atoms with E-state index in [9.17, 15) is 0 Å². The summed E-state index contributed by atoms with van der Waals surface area (Å²) >= 11 is 0. The van der Waals surface area contributed by atoms with Crippen molar-refractivity contribution in [3.63, 3.8) is 0 Å². The predicted octanol–water partition coefficient (Wildman–Crippen LogP) is 3.32. The van der Waals surface area contributed by atoms with Crippen molar-refractivity contribution in [3.8, 4) is 11.3 Å². The summed E-state index contributed by atoms with van der Waals surface area (Å²) in [5.74, 6) is 0.611. The molecule has 1 aromatic carbocycles. The van der Waals surface area contributed by atoms with Crippen molar-refractivity contribution in [2.24, 2.45) is 0 Å². The highest BCUT2D eigenvalue weighted by Gasteiger charge is 2.05. The minimum absolute atomic E-state index is 0.611. The average molecular weight is 229 g/mol. The Morgan fingerprint density at radius 1 is 1.18 bits per heavy atom. The van der Waals surface area contributed by atoms with E-state index in [1.165, 1.54) is 12.8 Å². The molecule has 0 fully saturated rings. The third-order valence-electron chi connectivity index (χ3n) is 2.88. The molecular formula is C14H19N3. The largest absolute Gasteiger partial charge is 0.369 e. The molecule has 0 amide bonds. The van der Waals surface area contributed by atoms with Gasteiger partial charge in [0.1, 0.15) is 0 Å². The molecule has 1 aromatic heterocycles. The van der Waals surface area contributed by atoms with Gasteiger partial charge in [-0.2, -0.15) is 0 Å². The van der Waals surface area contributed by atoms with E-state index in [-0.39, 0.29) is 0 Å². The number of anilines is 1. The second-order valence-electron chi connectivity index (χ2n) is 4.25. The molecule has 17 heavy (non-hydrogen) atoms. The maximum Gasteiger partial charge on any atom is 0.200 e. The number of aryl methyl sites for hydroxylation is 1. The highest BCUT2D eigenvalue weighted by Crippen LogP contribution is 2.19. The van der Waals surface area contributed by atoms with Crippen molar-refractivity contribution in [1.29, 1.82) is 0 Å². The van der Waals surface area contributed by atoms with Gasteiger partial charge in [0.15, 0.2) is 0 Å². The van der Waals surface area contributed by atoms with Crippen LogP contribution in [-0.4, -0.2) is 9.55 Å². The molecule has 0 spiro atoms. The van der Waals surface area contributed by atoms with Gasteiger partial charge in [0.2, 0.25) is 5.95 Å². The zero-order valence-electron chi connectivity index (χ0n) is 10.3. The van der Waals surface area contributed by atoms with Gasteiger partial charge in [-0.1, -0.05) is 50.1 Å². The number of imidazole rings is 1. The van der Waals surface area contributed by atoms with E-state index in [4.69, 9.17) is 5.73 Å². The summed E-state index contributed by atoms with van der Waals surface area (Å²) < 4.78 is 2.04. The highest BCUT2D eigenvalue weighted by molar-refractivity contribution is 5.59. The minimum Gasteiger partial charge on any atom is -0.369 e. The van der Waals surface area contributed by atoms with Crippen LogP contribution in [-0.2, 0) is 6.54 Å². The minimum atomic E-state index is 0.611. The smallest absolute Gasteiger partial charge is 0.200 e. The van der Waals surface area contributed by atoms with Crippen LogP contribution in [0.1, 0.15) is 26.2 Å². The van der Waals surface area contributed by atoms with Crippen LogP contribution in [0.4, 0.5) is 5.95 Å². The lowest BCUT2D eigenvalue weighted by Crippen LogP contribution is -2.02. The summed E-state index contributed by atoms with van der Waals surface area (Å²) in [7, 11) is 0. The SMILES string of the molecule is CCCCCn1cc(-c2ccccc2)nc1N. The Morgan fingerprint density at radius 2 is 1.94 bits per heavy atom. The summed E-state index contributed by atoms with van der Waals surface area (Å²) in [6.45, 7) is 3.16. The number of nitrogens with zero attached hydrogens (tertiary/aromatic N) is 2. The summed E-state index contributed by atoms with van der Waals surface area (Å²) in [5, 5.41) is 0. The first-order valence-electron chi connectivity index (χ1n) is 6.19. The van der Waals surface area contributed by atoms with E-state index in [2.05, 4.69) is 24.0 Å². The van der Waals surface area contributed by atoms with Gasteiger partial charge in [-0.15, -0.1) is 0 Å². The Hall–Kier alpha value is -1.77. The molecule has 90 valence electrons. The van der Waals surface area contributed by atoms with E-state index in [0.29, 0.717) is 5.95 Å². The molecule has 0 unspecified atom stereocenters. The van der Waals surface area contributed by atoms with Crippen molar-refractivity contribution in [1.82, 2.24) is 9.55 Å². The highest BCUT2D eigenvalue weighted by atomic mass is 15.1. The first-order chi connectivity index (χ1) is 8.31. The van der Waals surface area contributed by atoms with Crippen molar-refractivity contribution < 1.29 is 0 Å². The maximum absolute atomic E-state index is 5.91. The number of hydrogen-bond donors (Lipinski definition) is 1. The second kappa shape index (κ2) is 5.53. The molecule has 2 aromatic rings. The zero-order chi connectivity index (χ0) is 12.1. The first-order valence-corrected chi connectivity index (χ1v) is 6.19. The topological polar surface area (TPSA) is 43.8 Å². The Kier molecular flexibility index (Phi) is 3.81. The number of benzene rings is 1. The van der Waals surface area contributed by atoms with Crippen molar-refractivity contribution >= 4 is 5.95 Å².